The number of carbonyl (C=O) groups excluding carboxylic acids is 1. The van der Waals surface area contributed by atoms with Crippen LogP contribution in [-0.4, -0.2) is 17.2 Å². The summed E-state index contributed by atoms with van der Waals surface area (Å²) in [5, 5.41) is 0. The third-order valence-corrected chi connectivity index (χ3v) is 2.14. The van der Waals surface area contributed by atoms with E-state index in [2.05, 4.69) is 0 Å². The number of carbonyl (C=O) groups is 1. The molecule has 0 bridgehead atoms. The number of nitrogens with zero attached hydrogens (tertiary/aromatic N) is 1. The highest BCUT2D eigenvalue weighted by molar-refractivity contribution is 5.62. The molecule has 0 aromatic carbocycles. The Kier molecular flexibility index (Phi) is 2.49. The Hall–Kier alpha value is -1.77. The zero-order chi connectivity index (χ0) is 9.80. The Morgan fingerprint density at radius 2 is 2.43 bits per heavy atom. The van der Waals surface area contributed by atoms with Gasteiger partial charge in [0.05, 0.1) is 12.8 Å². The largest absolute Gasteiger partial charge is 0.467 e. The van der Waals surface area contributed by atoms with Crippen molar-refractivity contribution in [2.45, 2.75) is 12.6 Å². The standard InChI is InChI=1S/C11H11NO2/c13-9-10-4-1-2-6-12(10)8-11-5-3-7-14-11/h1-7,9-10H,8H2. The average molecular weight is 189 g/mol. The van der Waals surface area contributed by atoms with Gasteiger partial charge in [-0.2, -0.15) is 0 Å². The van der Waals surface area contributed by atoms with E-state index in [1.807, 2.05) is 41.5 Å². The first-order chi connectivity index (χ1) is 6.90. The quantitative estimate of drug-likeness (QED) is 0.679. The summed E-state index contributed by atoms with van der Waals surface area (Å²) in [6, 6.07) is 3.56. The second kappa shape index (κ2) is 3.96. The first kappa shape index (κ1) is 8.81. The first-order valence-corrected chi connectivity index (χ1v) is 4.48. The summed E-state index contributed by atoms with van der Waals surface area (Å²) >= 11 is 0. The Morgan fingerprint density at radius 1 is 1.50 bits per heavy atom. The van der Waals surface area contributed by atoms with Crippen LogP contribution < -0.4 is 0 Å². The summed E-state index contributed by atoms with van der Waals surface area (Å²) in [6.45, 7) is 0.622. The molecular weight excluding hydrogens is 178 g/mol. The van der Waals surface area contributed by atoms with Crippen molar-refractivity contribution < 1.29 is 9.21 Å². The maximum Gasteiger partial charge on any atom is 0.146 e. The van der Waals surface area contributed by atoms with Crippen LogP contribution in [0.5, 0.6) is 0 Å². The minimum atomic E-state index is -0.176. The summed E-state index contributed by atoms with van der Waals surface area (Å²) in [5.74, 6) is 0.858. The average Bonchev–Trinajstić information content (AvgIpc) is 2.71. The highest BCUT2D eigenvalue weighted by Gasteiger charge is 2.14. The van der Waals surface area contributed by atoms with Crippen LogP contribution in [0.15, 0.2) is 47.2 Å². The number of allylic oxidation sites excluding steroid dienone is 2. The van der Waals surface area contributed by atoms with Crippen LogP contribution in [-0.2, 0) is 11.3 Å². The van der Waals surface area contributed by atoms with Crippen molar-refractivity contribution in [1.82, 2.24) is 4.90 Å². The lowest BCUT2D eigenvalue weighted by atomic mass is 10.2. The monoisotopic (exact) mass is 189 g/mol. The highest BCUT2D eigenvalue weighted by atomic mass is 16.3. The molecule has 3 heteroatoms. The minimum absolute atomic E-state index is 0.176. The topological polar surface area (TPSA) is 33.5 Å². The predicted molar refractivity (Wildman–Crippen MR) is 52.4 cm³/mol. The van der Waals surface area contributed by atoms with E-state index in [9.17, 15) is 4.79 Å². The van der Waals surface area contributed by atoms with Gasteiger partial charge in [0, 0.05) is 6.20 Å². The molecular formula is C11H11NO2. The summed E-state index contributed by atoms with van der Waals surface area (Å²) in [6.07, 6.45) is 10.1. The molecule has 1 aliphatic rings. The zero-order valence-electron chi connectivity index (χ0n) is 7.67. The SMILES string of the molecule is O=CC1C=CC=CN1Cc1ccco1. The van der Waals surface area contributed by atoms with Crippen LogP contribution in [0.1, 0.15) is 5.76 Å². The van der Waals surface area contributed by atoms with Crippen LogP contribution >= 0.6 is 0 Å². The van der Waals surface area contributed by atoms with E-state index in [1.165, 1.54) is 0 Å². The second-order valence-electron chi connectivity index (χ2n) is 3.10. The molecule has 1 aliphatic heterocycles. The van der Waals surface area contributed by atoms with E-state index in [1.54, 1.807) is 6.26 Å². The van der Waals surface area contributed by atoms with Gasteiger partial charge in [0.25, 0.3) is 0 Å². The van der Waals surface area contributed by atoms with Gasteiger partial charge in [-0.05, 0) is 18.2 Å². The molecule has 1 aromatic heterocycles. The number of furan rings is 1. The van der Waals surface area contributed by atoms with Gasteiger partial charge in [-0.25, -0.2) is 0 Å². The van der Waals surface area contributed by atoms with Crippen molar-refractivity contribution >= 4 is 6.29 Å². The minimum Gasteiger partial charge on any atom is -0.467 e. The lowest BCUT2D eigenvalue weighted by molar-refractivity contribution is -0.110. The zero-order valence-corrected chi connectivity index (χ0v) is 7.67. The number of hydrogen-bond acceptors (Lipinski definition) is 3. The van der Waals surface area contributed by atoms with E-state index < -0.39 is 0 Å². The molecule has 0 aliphatic carbocycles. The Bertz CT molecular complexity index is 351. The van der Waals surface area contributed by atoms with Gasteiger partial charge < -0.3 is 14.1 Å². The van der Waals surface area contributed by atoms with Crippen LogP contribution in [0, 0.1) is 0 Å². The first-order valence-electron chi connectivity index (χ1n) is 4.48. The molecule has 2 heterocycles. The summed E-state index contributed by atoms with van der Waals surface area (Å²) in [7, 11) is 0. The molecule has 0 spiro atoms. The highest BCUT2D eigenvalue weighted by Crippen LogP contribution is 2.12. The van der Waals surface area contributed by atoms with Crippen LogP contribution in [0.4, 0.5) is 0 Å². The molecule has 1 aromatic rings. The van der Waals surface area contributed by atoms with Crippen molar-refractivity contribution in [3.8, 4) is 0 Å². The van der Waals surface area contributed by atoms with E-state index in [0.717, 1.165) is 12.0 Å². The molecule has 0 fully saturated rings. The van der Waals surface area contributed by atoms with E-state index in [0.29, 0.717) is 6.54 Å². The lowest BCUT2D eigenvalue weighted by Crippen LogP contribution is -2.31. The van der Waals surface area contributed by atoms with Gasteiger partial charge in [0.15, 0.2) is 0 Å². The fraction of sp³-hybridized carbons (Fsp3) is 0.182. The fourth-order valence-electron chi connectivity index (χ4n) is 1.41. The van der Waals surface area contributed by atoms with Crippen molar-refractivity contribution in [2.24, 2.45) is 0 Å². The van der Waals surface area contributed by atoms with Gasteiger partial charge >= 0.3 is 0 Å². The van der Waals surface area contributed by atoms with Gasteiger partial charge in [-0.15, -0.1) is 0 Å². The van der Waals surface area contributed by atoms with Gasteiger partial charge in [0.2, 0.25) is 0 Å². The maximum absolute atomic E-state index is 10.7. The summed E-state index contributed by atoms with van der Waals surface area (Å²) in [4.78, 5) is 12.7. The third-order valence-electron chi connectivity index (χ3n) is 2.14. The van der Waals surface area contributed by atoms with Crippen molar-refractivity contribution in [3.05, 3.63) is 48.6 Å². The molecule has 0 radical (unpaired) electrons. The van der Waals surface area contributed by atoms with Crippen LogP contribution in [0.25, 0.3) is 0 Å². The molecule has 0 N–H and O–H groups in total. The normalized spacial score (nSPS) is 20.0. The number of hydrogen-bond donors (Lipinski definition) is 0. The molecule has 14 heavy (non-hydrogen) atoms. The van der Waals surface area contributed by atoms with E-state index in [-0.39, 0.29) is 6.04 Å². The molecule has 1 unspecified atom stereocenters. The fourth-order valence-corrected chi connectivity index (χ4v) is 1.41. The van der Waals surface area contributed by atoms with Crippen LogP contribution in [0.2, 0.25) is 0 Å². The molecule has 0 saturated carbocycles. The molecule has 1 atom stereocenters. The molecule has 0 amide bonds. The predicted octanol–water partition coefficient (Wildman–Crippen LogP) is 1.73. The van der Waals surface area contributed by atoms with Crippen molar-refractivity contribution in [3.63, 3.8) is 0 Å². The summed E-state index contributed by atoms with van der Waals surface area (Å²) in [5.41, 5.74) is 0. The Labute approximate surface area is 82.3 Å². The molecule has 72 valence electrons. The van der Waals surface area contributed by atoms with Gasteiger partial charge in [-0.1, -0.05) is 12.2 Å². The van der Waals surface area contributed by atoms with E-state index >= 15 is 0 Å². The summed E-state index contributed by atoms with van der Waals surface area (Å²) < 4.78 is 5.21. The van der Waals surface area contributed by atoms with E-state index in [4.69, 9.17) is 4.42 Å². The maximum atomic E-state index is 10.7. The second-order valence-corrected chi connectivity index (χ2v) is 3.10. The Balaban J connectivity index is 2.07. The molecule has 0 saturated heterocycles. The molecule has 3 nitrogen and oxygen atoms in total. The van der Waals surface area contributed by atoms with Crippen LogP contribution in [0.3, 0.4) is 0 Å². The molecule has 2 rings (SSSR count). The van der Waals surface area contributed by atoms with Crippen molar-refractivity contribution in [1.29, 1.82) is 0 Å². The van der Waals surface area contributed by atoms with Crippen molar-refractivity contribution in [2.75, 3.05) is 0 Å². The van der Waals surface area contributed by atoms with Gasteiger partial charge in [0.1, 0.15) is 18.1 Å². The smallest absolute Gasteiger partial charge is 0.146 e. The third kappa shape index (κ3) is 1.76. The number of rotatable bonds is 3. The Morgan fingerprint density at radius 3 is 3.14 bits per heavy atom. The lowest BCUT2D eigenvalue weighted by Gasteiger charge is -2.25. The van der Waals surface area contributed by atoms with Gasteiger partial charge in [-0.3, -0.25) is 0 Å². The number of aldehydes is 1.